The lowest BCUT2D eigenvalue weighted by atomic mass is 9.84. The second kappa shape index (κ2) is 16.2. The Hall–Kier alpha value is -4.34. The molecule has 2 unspecified atom stereocenters. The number of nitrogens with zero attached hydrogens (tertiary/aromatic N) is 4. The van der Waals surface area contributed by atoms with Crippen molar-refractivity contribution < 1.29 is 37.0 Å². The summed E-state index contributed by atoms with van der Waals surface area (Å²) in [5.41, 5.74) is 8.12. The van der Waals surface area contributed by atoms with Crippen molar-refractivity contribution in [2.75, 3.05) is 18.4 Å². The number of aromatic nitrogens is 1. The molecule has 5 N–H and O–H groups in total. The molecule has 256 valence electrons. The normalized spacial score (nSPS) is 15.4. The van der Waals surface area contributed by atoms with Crippen LogP contribution >= 0.6 is 11.6 Å². The molecule has 3 aromatic rings. The second-order valence-electron chi connectivity index (χ2n) is 11.5. The van der Waals surface area contributed by atoms with Crippen molar-refractivity contribution in [1.82, 2.24) is 19.5 Å². The van der Waals surface area contributed by atoms with E-state index in [0.717, 1.165) is 11.1 Å². The van der Waals surface area contributed by atoms with E-state index in [1.165, 1.54) is 31.3 Å². The maximum absolute atomic E-state index is 15.3. The van der Waals surface area contributed by atoms with Gasteiger partial charge >= 0.3 is 6.09 Å². The monoisotopic (exact) mass is 706 g/mol. The number of amides is 2. The lowest BCUT2D eigenvalue weighted by Crippen LogP contribution is -2.48. The molecule has 1 aliphatic carbocycles. The molecule has 1 fully saturated rings. The van der Waals surface area contributed by atoms with Gasteiger partial charge in [0.15, 0.2) is 0 Å². The number of nitrogens with one attached hydrogen (secondary N) is 3. The van der Waals surface area contributed by atoms with E-state index < -0.39 is 63.0 Å². The van der Waals surface area contributed by atoms with Crippen LogP contribution in [0.5, 0.6) is 0 Å². The Kier molecular flexibility index (Phi) is 12.3. The maximum Gasteiger partial charge on any atom is 0.407 e. The van der Waals surface area contributed by atoms with Gasteiger partial charge in [0.2, 0.25) is 21.0 Å². The van der Waals surface area contributed by atoms with Crippen LogP contribution in [-0.2, 0) is 21.2 Å². The highest BCUT2D eigenvalue weighted by atomic mass is 35.5. The number of aliphatic hydroxyl groups is 1. The fourth-order valence-electron chi connectivity index (χ4n) is 5.32. The van der Waals surface area contributed by atoms with Crippen molar-refractivity contribution >= 4 is 39.3 Å². The zero-order valence-electron chi connectivity index (χ0n) is 25.8. The minimum Gasteiger partial charge on any atom is -0.465 e. The molecule has 2 aromatic carbocycles. The Morgan fingerprint density at radius 2 is 1.85 bits per heavy atom. The molecule has 2 amide bonds. The van der Waals surface area contributed by atoms with Crippen molar-refractivity contribution in [2.24, 2.45) is 5.11 Å². The molecule has 13 nitrogen and oxygen atoms in total. The molecule has 1 aliphatic rings. The number of carbonyl (C=O) groups excluding carboxylic acids is 1. The summed E-state index contributed by atoms with van der Waals surface area (Å²) in [6.45, 7) is 0.775. The van der Waals surface area contributed by atoms with Gasteiger partial charge in [-0.15, -0.1) is 0 Å². The summed E-state index contributed by atoms with van der Waals surface area (Å²) < 4.78 is 57.8. The average molecular weight is 707 g/mol. The SMILES string of the molecule is CC(O)CN(CC(CCc1c(F)cncc1NC(=O)[C@@H](N=[N+]=N)[C@@H](c1ccc(Cl)cc1)c1cccc(F)c1)NS(=O)(=O)C1CC1)C(=O)O. The van der Waals surface area contributed by atoms with Gasteiger partial charge in [0.25, 0.3) is 5.91 Å². The summed E-state index contributed by atoms with van der Waals surface area (Å²) in [6, 6.07) is 9.42. The standard InChI is InChI=1S/C31H34ClF2N7O6S/c1-18(42)16-41(31(44)45)17-23(39-48(46,47)24-10-11-24)9-12-25-26(34)14-36-15-27(25)37-30(43)29(38-40-35)28(19-5-7-21(32)8-6-19)20-3-2-4-22(33)13-20/h2-8,13-15,18,23-24,28-29,35,39,42H,9-12,16-17H2,1H3,(H-,37,43,44,45)/p+1/t18?,23?,28-,29-/m0/s1. The molecule has 0 spiro atoms. The molecule has 0 radical (unpaired) electrons. The van der Waals surface area contributed by atoms with Crippen molar-refractivity contribution in [1.29, 1.82) is 5.53 Å². The van der Waals surface area contributed by atoms with Gasteiger partial charge in [-0.1, -0.05) is 35.9 Å². The Bertz CT molecular complexity index is 1770. The number of pyridine rings is 1. The van der Waals surface area contributed by atoms with Crippen molar-refractivity contribution in [3.8, 4) is 0 Å². The molecule has 0 bridgehead atoms. The van der Waals surface area contributed by atoms with Gasteiger partial charge in [-0.25, -0.2) is 26.7 Å². The third kappa shape index (κ3) is 9.84. The van der Waals surface area contributed by atoms with Gasteiger partial charge < -0.3 is 20.4 Å². The minimum atomic E-state index is -3.80. The van der Waals surface area contributed by atoms with Crippen LogP contribution in [0.1, 0.15) is 48.8 Å². The van der Waals surface area contributed by atoms with Gasteiger partial charge in [-0.05, 0) is 68.0 Å². The first-order valence-electron chi connectivity index (χ1n) is 15.0. The molecule has 4 atom stereocenters. The van der Waals surface area contributed by atoms with E-state index in [-0.39, 0.29) is 37.2 Å². The molecular weight excluding hydrogens is 672 g/mol. The summed E-state index contributed by atoms with van der Waals surface area (Å²) in [4.78, 5) is 33.5. The Labute approximate surface area is 280 Å². The molecule has 0 saturated heterocycles. The maximum atomic E-state index is 15.3. The minimum absolute atomic E-state index is 0.0540. The number of aliphatic hydroxyl groups excluding tert-OH is 1. The highest BCUT2D eigenvalue weighted by molar-refractivity contribution is 7.90. The second-order valence-corrected chi connectivity index (χ2v) is 13.9. The molecule has 0 aliphatic heterocycles. The fourth-order valence-corrected chi connectivity index (χ4v) is 7.05. The smallest absolute Gasteiger partial charge is 0.407 e. The van der Waals surface area contributed by atoms with Gasteiger partial charge in [0.1, 0.15) is 22.3 Å². The third-order valence-corrected chi connectivity index (χ3v) is 9.96. The topological polar surface area (TPSA) is 199 Å². The molecule has 48 heavy (non-hydrogen) atoms. The van der Waals surface area contributed by atoms with Crippen LogP contribution in [0.2, 0.25) is 5.02 Å². The number of rotatable bonds is 16. The lowest BCUT2D eigenvalue weighted by molar-refractivity contribution is -0.117. The first-order valence-corrected chi connectivity index (χ1v) is 16.9. The van der Waals surface area contributed by atoms with Gasteiger partial charge in [-0.2, -0.15) is 0 Å². The number of hydrogen-bond donors (Lipinski definition) is 5. The van der Waals surface area contributed by atoms with Crippen LogP contribution in [0.3, 0.4) is 0 Å². The number of sulfonamides is 1. The van der Waals surface area contributed by atoms with Gasteiger partial charge in [0.05, 0.1) is 29.4 Å². The summed E-state index contributed by atoms with van der Waals surface area (Å²) >= 11 is 6.07. The first-order chi connectivity index (χ1) is 22.8. The van der Waals surface area contributed by atoms with Crippen LogP contribution in [0, 0.1) is 17.2 Å². The zero-order chi connectivity index (χ0) is 35.0. The molecule has 1 aromatic heterocycles. The summed E-state index contributed by atoms with van der Waals surface area (Å²) in [6.07, 6.45) is 0.344. The largest absolute Gasteiger partial charge is 0.465 e. The van der Waals surface area contributed by atoms with E-state index in [9.17, 15) is 32.6 Å². The van der Waals surface area contributed by atoms with E-state index in [0.29, 0.717) is 29.0 Å². The molecular formula is C31H35ClF2N7O6S+. The molecule has 1 saturated carbocycles. The van der Waals surface area contributed by atoms with Crippen molar-refractivity contribution in [3.63, 3.8) is 0 Å². The summed E-state index contributed by atoms with van der Waals surface area (Å²) in [5.74, 6) is -3.18. The Morgan fingerprint density at radius 3 is 2.46 bits per heavy atom. The predicted octanol–water partition coefficient (Wildman–Crippen LogP) is 4.45. The summed E-state index contributed by atoms with van der Waals surface area (Å²) in [7, 11) is -3.80. The van der Waals surface area contributed by atoms with E-state index in [2.05, 4.69) is 25.0 Å². The number of hydrogen-bond acceptors (Lipinski definition) is 8. The van der Waals surface area contributed by atoms with Crippen LogP contribution in [0.4, 0.5) is 19.3 Å². The number of carbonyl (C=O) groups is 2. The van der Waals surface area contributed by atoms with Crippen LogP contribution in [-0.4, -0.2) is 77.0 Å². The average Bonchev–Trinajstić information content (AvgIpc) is 3.87. The molecule has 1 heterocycles. The molecule has 17 heteroatoms. The Balaban J connectivity index is 1.63. The zero-order valence-corrected chi connectivity index (χ0v) is 27.3. The van der Waals surface area contributed by atoms with Crippen molar-refractivity contribution in [2.45, 2.75) is 62.0 Å². The van der Waals surface area contributed by atoms with Crippen LogP contribution in [0.15, 0.2) is 66.0 Å². The first kappa shape index (κ1) is 36.5. The number of anilines is 1. The van der Waals surface area contributed by atoms with Crippen LogP contribution in [0.25, 0.3) is 0 Å². The van der Waals surface area contributed by atoms with Gasteiger partial charge in [0, 0.05) is 35.6 Å². The molecule has 4 rings (SSSR count). The number of carboxylic acid groups (broad SMARTS) is 1. The predicted molar refractivity (Wildman–Crippen MR) is 172 cm³/mol. The highest BCUT2D eigenvalue weighted by Gasteiger charge is 2.38. The highest BCUT2D eigenvalue weighted by Crippen LogP contribution is 2.33. The number of halogens is 3. The lowest BCUT2D eigenvalue weighted by Gasteiger charge is -2.27. The number of benzene rings is 2. The van der Waals surface area contributed by atoms with Crippen LogP contribution < -0.4 is 15.0 Å². The van der Waals surface area contributed by atoms with E-state index in [1.54, 1.807) is 30.3 Å². The fraction of sp³-hybridized carbons (Fsp3) is 0.387. The van der Waals surface area contributed by atoms with Crippen molar-refractivity contribution in [3.05, 3.63) is 94.3 Å². The van der Waals surface area contributed by atoms with E-state index in [1.807, 2.05) is 0 Å². The third-order valence-electron chi connectivity index (χ3n) is 7.70. The summed E-state index contributed by atoms with van der Waals surface area (Å²) in [5, 5.41) is 25.7. The van der Waals surface area contributed by atoms with E-state index in [4.69, 9.17) is 17.1 Å². The quantitative estimate of drug-likeness (QED) is 0.107. The van der Waals surface area contributed by atoms with Gasteiger partial charge in [-0.3, -0.25) is 9.78 Å². The Morgan fingerprint density at radius 1 is 1.15 bits per heavy atom. The van der Waals surface area contributed by atoms with E-state index >= 15 is 4.39 Å².